The lowest BCUT2D eigenvalue weighted by Crippen LogP contribution is -2.47. The smallest absolute Gasteiger partial charge is 0.122 e. The van der Waals surface area contributed by atoms with Crippen LogP contribution in [0, 0.1) is 22.7 Å². The average molecular weight is 259 g/mol. The Balaban J connectivity index is 2.29. The Morgan fingerprint density at radius 1 is 1.37 bits per heavy atom. The highest BCUT2D eigenvalue weighted by molar-refractivity contribution is 5.38. The Kier molecular flexibility index (Phi) is 4.11. The van der Waals surface area contributed by atoms with Gasteiger partial charge in [0.2, 0.25) is 0 Å². The zero-order valence-corrected chi connectivity index (χ0v) is 11.6. The van der Waals surface area contributed by atoms with Crippen molar-refractivity contribution in [1.29, 1.82) is 5.26 Å². The normalized spacial score (nSPS) is 23.3. The number of rotatable bonds is 4. The van der Waals surface area contributed by atoms with E-state index in [4.69, 9.17) is 4.74 Å². The minimum absolute atomic E-state index is 0.147. The first-order valence-electron chi connectivity index (χ1n) is 6.97. The highest BCUT2D eigenvalue weighted by Crippen LogP contribution is 2.39. The molecule has 0 saturated heterocycles. The summed E-state index contributed by atoms with van der Waals surface area (Å²) in [6, 6.07) is 10.1. The molecule has 0 radical (unpaired) electrons. The molecule has 2 atom stereocenters. The van der Waals surface area contributed by atoms with Gasteiger partial charge in [-0.1, -0.05) is 44.9 Å². The van der Waals surface area contributed by atoms with Crippen molar-refractivity contribution in [2.75, 3.05) is 6.61 Å². The molecule has 19 heavy (non-hydrogen) atoms. The molecule has 0 saturated carbocycles. The van der Waals surface area contributed by atoms with Gasteiger partial charge < -0.3 is 9.84 Å². The molecule has 2 unspecified atom stereocenters. The van der Waals surface area contributed by atoms with E-state index in [1.807, 2.05) is 24.3 Å². The van der Waals surface area contributed by atoms with Gasteiger partial charge in [0.25, 0.3) is 0 Å². The Labute approximate surface area is 114 Å². The van der Waals surface area contributed by atoms with Crippen LogP contribution >= 0.6 is 0 Å². The molecule has 0 spiro atoms. The molecular formula is C16H21NO2. The molecule has 3 heteroatoms. The number of aliphatic hydroxyl groups excluding tert-OH is 1. The van der Waals surface area contributed by atoms with E-state index in [-0.39, 0.29) is 12.5 Å². The van der Waals surface area contributed by atoms with E-state index in [0.717, 1.165) is 24.2 Å². The fourth-order valence-corrected chi connectivity index (χ4v) is 2.90. The molecule has 1 aromatic rings. The van der Waals surface area contributed by atoms with E-state index in [1.165, 1.54) is 0 Å². The van der Waals surface area contributed by atoms with Gasteiger partial charge in [-0.2, -0.15) is 5.26 Å². The summed E-state index contributed by atoms with van der Waals surface area (Å²) in [5.41, 5.74) is 0.200. The monoisotopic (exact) mass is 259 g/mol. The molecule has 0 amide bonds. The average Bonchev–Trinajstić information content (AvgIpc) is 2.47. The van der Waals surface area contributed by atoms with Crippen LogP contribution in [0.15, 0.2) is 24.3 Å². The minimum atomic E-state index is -0.814. The van der Waals surface area contributed by atoms with Crippen LogP contribution in [-0.4, -0.2) is 17.8 Å². The summed E-state index contributed by atoms with van der Waals surface area (Å²) in [5.74, 6) is 0.985. The van der Waals surface area contributed by atoms with Crippen LogP contribution in [0.5, 0.6) is 5.75 Å². The van der Waals surface area contributed by atoms with Gasteiger partial charge in [0, 0.05) is 6.42 Å². The Morgan fingerprint density at radius 3 is 2.68 bits per heavy atom. The van der Waals surface area contributed by atoms with Crippen molar-refractivity contribution in [2.45, 2.75) is 39.2 Å². The van der Waals surface area contributed by atoms with Crippen LogP contribution in [0.25, 0.3) is 0 Å². The summed E-state index contributed by atoms with van der Waals surface area (Å²) < 4.78 is 5.71. The fourth-order valence-electron chi connectivity index (χ4n) is 2.90. The highest BCUT2D eigenvalue weighted by Gasteiger charge is 2.45. The largest absolute Gasteiger partial charge is 0.492 e. The number of aliphatic hydroxyl groups is 1. The van der Waals surface area contributed by atoms with Crippen LogP contribution in [0.1, 0.15) is 32.3 Å². The molecule has 0 aromatic heterocycles. The molecule has 102 valence electrons. The number of para-hydroxylation sites is 1. The summed E-state index contributed by atoms with van der Waals surface area (Å²) in [6.45, 7) is 4.39. The maximum absolute atomic E-state index is 10.6. The molecule has 3 nitrogen and oxygen atoms in total. The number of hydrogen-bond donors (Lipinski definition) is 1. The number of hydrogen-bond acceptors (Lipinski definition) is 3. The van der Waals surface area contributed by atoms with Gasteiger partial charge in [-0.3, -0.25) is 0 Å². The quantitative estimate of drug-likeness (QED) is 0.904. The third-order valence-electron chi connectivity index (χ3n) is 4.25. The predicted octanol–water partition coefficient (Wildman–Crippen LogP) is 2.93. The molecule has 1 aliphatic heterocycles. The van der Waals surface area contributed by atoms with Gasteiger partial charge in [0.05, 0.1) is 12.2 Å². The predicted molar refractivity (Wildman–Crippen MR) is 73.8 cm³/mol. The first-order chi connectivity index (χ1) is 9.16. The van der Waals surface area contributed by atoms with Gasteiger partial charge in [0.15, 0.2) is 0 Å². The summed E-state index contributed by atoms with van der Waals surface area (Å²) in [7, 11) is 0. The molecular weight excluding hydrogens is 238 g/mol. The molecule has 1 aliphatic rings. The zero-order chi connectivity index (χ0) is 13.9. The van der Waals surface area contributed by atoms with E-state index < -0.39 is 11.5 Å². The van der Waals surface area contributed by atoms with Gasteiger partial charge in [-0.15, -0.1) is 0 Å². The standard InChI is InChI=1S/C16H21NO2/c1-3-12(4-2)15(18)16(10-17)9-13-7-5-6-8-14(13)19-11-16/h5-8,12,15,18H,3-4,9,11H2,1-2H3. The van der Waals surface area contributed by atoms with Crippen molar-refractivity contribution >= 4 is 0 Å². The summed E-state index contributed by atoms with van der Waals surface area (Å²) in [5, 5.41) is 20.2. The van der Waals surface area contributed by atoms with Crippen molar-refractivity contribution in [3.05, 3.63) is 29.8 Å². The van der Waals surface area contributed by atoms with Crippen LogP contribution in [0.4, 0.5) is 0 Å². The number of benzene rings is 1. The van der Waals surface area contributed by atoms with Crippen molar-refractivity contribution < 1.29 is 9.84 Å². The summed E-state index contributed by atoms with van der Waals surface area (Å²) in [4.78, 5) is 0. The Morgan fingerprint density at radius 2 is 2.05 bits per heavy atom. The number of nitriles is 1. The molecule has 0 aliphatic carbocycles. The Hall–Kier alpha value is -1.53. The van der Waals surface area contributed by atoms with Gasteiger partial charge in [0.1, 0.15) is 17.8 Å². The van der Waals surface area contributed by atoms with E-state index in [9.17, 15) is 10.4 Å². The van der Waals surface area contributed by atoms with Crippen molar-refractivity contribution in [1.82, 2.24) is 0 Å². The fraction of sp³-hybridized carbons (Fsp3) is 0.562. The third-order valence-corrected chi connectivity index (χ3v) is 4.25. The first-order valence-corrected chi connectivity index (χ1v) is 6.97. The number of fused-ring (bicyclic) bond motifs is 1. The second kappa shape index (κ2) is 5.63. The zero-order valence-electron chi connectivity index (χ0n) is 11.6. The second-order valence-corrected chi connectivity index (χ2v) is 5.36. The molecule has 0 bridgehead atoms. The topological polar surface area (TPSA) is 53.2 Å². The lowest BCUT2D eigenvalue weighted by atomic mass is 9.71. The van der Waals surface area contributed by atoms with Crippen molar-refractivity contribution in [2.24, 2.45) is 11.3 Å². The molecule has 0 fully saturated rings. The SMILES string of the molecule is CCC(CC)C(O)C1(C#N)COc2ccccc2C1. The van der Waals surface area contributed by atoms with Crippen LogP contribution in [0.3, 0.4) is 0 Å². The molecule has 1 N–H and O–H groups in total. The maximum atomic E-state index is 10.6. The van der Waals surface area contributed by atoms with Crippen LogP contribution < -0.4 is 4.74 Å². The second-order valence-electron chi connectivity index (χ2n) is 5.36. The van der Waals surface area contributed by atoms with Gasteiger partial charge in [-0.05, 0) is 17.5 Å². The lowest BCUT2D eigenvalue weighted by Gasteiger charge is -2.39. The lowest BCUT2D eigenvalue weighted by molar-refractivity contribution is -0.0222. The van der Waals surface area contributed by atoms with Crippen molar-refractivity contribution in [3.63, 3.8) is 0 Å². The van der Waals surface area contributed by atoms with E-state index in [1.54, 1.807) is 0 Å². The van der Waals surface area contributed by atoms with E-state index in [2.05, 4.69) is 19.9 Å². The van der Waals surface area contributed by atoms with E-state index in [0.29, 0.717) is 6.42 Å². The Bertz CT molecular complexity index is 476. The van der Waals surface area contributed by atoms with Crippen molar-refractivity contribution in [3.8, 4) is 11.8 Å². The third kappa shape index (κ3) is 2.46. The summed E-state index contributed by atoms with van der Waals surface area (Å²) >= 11 is 0. The van der Waals surface area contributed by atoms with Gasteiger partial charge >= 0.3 is 0 Å². The van der Waals surface area contributed by atoms with Crippen LogP contribution in [0.2, 0.25) is 0 Å². The molecule has 1 heterocycles. The first kappa shape index (κ1) is 13.9. The van der Waals surface area contributed by atoms with E-state index >= 15 is 0 Å². The molecule has 1 aromatic carbocycles. The number of ether oxygens (including phenoxy) is 1. The minimum Gasteiger partial charge on any atom is -0.492 e. The number of nitrogens with zero attached hydrogens (tertiary/aromatic N) is 1. The maximum Gasteiger partial charge on any atom is 0.122 e. The van der Waals surface area contributed by atoms with Gasteiger partial charge in [-0.25, -0.2) is 0 Å². The summed E-state index contributed by atoms with van der Waals surface area (Å²) in [6.07, 6.45) is 1.68. The van der Waals surface area contributed by atoms with Crippen LogP contribution in [-0.2, 0) is 6.42 Å². The highest BCUT2D eigenvalue weighted by atomic mass is 16.5. The molecule has 2 rings (SSSR count).